The van der Waals surface area contributed by atoms with Gasteiger partial charge >= 0.3 is 0 Å². The first-order valence-corrected chi connectivity index (χ1v) is 7.01. The van der Waals surface area contributed by atoms with Crippen LogP contribution in [0, 0.1) is 5.82 Å². The van der Waals surface area contributed by atoms with Gasteiger partial charge in [-0.1, -0.05) is 11.6 Å². The summed E-state index contributed by atoms with van der Waals surface area (Å²) in [7, 11) is -3.90. The highest BCUT2D eigenvalue weighted by atomic mass is 35.5. The lowest BCUT2D eigenvalue weighted by atomic mass is 10.3. The molecule has 7 heteroatoms. The highest BCUT2D eigenvalue weighted by Crippen LogP contribution is 2.23. The molecule has 0 amide bonds. The summed E-state index contributed by atoms with van der Waals surface area (Å²) in [5, 5.41) is 9.45. The molecule has 2 rings (SSSR count). The fourth-order valence-corrected chi connectivity index (χ4v) is 2.60. The second kappa shape index (κ2) is 5.07. The monoisotopic (exact) mass is 301 g/mol. The van der Waals surface area contributed by atoms with Crippen molar-refractivity contribution in [1.29, 1.82) is 0 Å². The van der Waals surface area contributed by atoms with Gasteiger partial charge in [0, 0.05) is 11.1 Å². The van der Waals surface area contributed by atoms with Crippen molar-refractivity contribution in [2.45, 2.75) is 4.90 Å². The van der Waals surface area contributed by atoms with E-state index in [-0.39, 0.29) is 16.3 Å². The molecule has 0 aliphatic rings. The van der Waals surface area contributed by atoms with Crippen molar-refractivity contribution < 1.29 is 17.9 Å². The fourth-order valence-electron chi connectivity index (χ4n) is 1.40. The van der Waals surface area contributed by atoms with E-state index >= 15 is 0 Å². The van der Waals surface area contributed by atoms with Crippen molar-refractivity contribution in [3.63, 3.8) is 0 Å². The number of phenols is 1. The summed E-state index contributed by atoms with van der Waals surface area (Å²) in [5.74, 6) is -1.15. The molecule has 0 radical (unpaired) electrons. The van der Waals surface area contributed by atoms with Gasteiger partial charge in [0.1, 0.15) is 5.75 Å². The molecular weight excluding hydrogens is 293 g/mol. The van der Waals surface area contributed by atoms with Gasteiger partial charge in [-0.15, -0.1) is 0 Å². The van der Waals surface area contributed by atoms with Gasteiger partial charge < -0.3 is 5.11 Å². The summed E-state index contributed by atoms with van der Waals surface area (Å²) < 4.78 is 39.5. The molecule has 0 heterocycles. The molecule has 0 saturated heterocycles. The summed E-state index contributed by atoms with van der Waals surface area (Å²) in [4.78, 5) is -0.0376. The number of hydrogen-bond donors (Lipinski definition) is 2. The molecule has 2 aromatic carbocycles. The number of aromatic hydroxyl groups is 1. The zero-order valence-corrected chi connectivity index (χ0v) is 11.0. The van der Waals surface area contributed by atoms with Gasteiger partial charge in [-0.05, 0) is 36.4 Å². The van der Waals surface area contributed by atoms with Crippen LogP contribution in [0.15, 0.2) is 47.4 Å². The van der Waals surface area contributed by atoms with Gasteiger partial charge in [0.25, 0.3) is 10.0 Å². The third kappa shape index (κ3) is 3.15. The number of rotatable bonds is 3. The largest absolute Gasteiger partial charge is 0.508 e. The number of nitrogens with one attached hydrogen (secondary N) is 1. The van der Waals surface area contributed by atoms with Crippen LogP contribution in [0.1, 0.15) is 0 Å². The van der Waals surface area contributed by atoms with Gasteiger partial charge in [0.05, 0.1) is 10.6 Å². The molecule has 0 aliphatic heterocycles. The Labute approximate surface area is 114 Å². The maximum Gasteiger partial charge on any atom is 0.261 e. The van der Waals surface area contributed by atoms with Crippen LogP contribution in [-0.2, 0) is 10.0 Å². The van der Waals surface area contributed by atoms with Crippen LogP contribution in [0.25, 0.3) is 0 Å². The summed E-state index contributed by atoms with van der Waals surface area (Å²) >= 11 is 5.66. The number of halogens is 2. The number of hydrogen-bond acceptors (Lipinski definition) is 3. The molecule has 0 unspecified atom stereocenters. The minimum Gasteiger partial charge on any atom is -0.508 e. The van der Waals surface area contributed by atoms with Crippen molar-refractivity contribution in [2.24, 2.45) is 0 Å². The Balaban J connectivity index is 2.33. The first kappa shape index (κ1) is 13.6. The zero-order valence-electron chi connectivity index (χ0n) is 9.47. The van der Waals surface area contributed by atoms with Crippen molar-refractivity contribution >= 4 is 27.3 Å². The fraction of sp³-hybridized carbons (Fsp3) is 0. The normalized spacial score (nSPS) is 11.3. The number of sulfonamides is 1. The summed E-state index contributed by atoms with van der Waals surface area (Å²) in [6.07, 6.45) is 0. The van der Waals surface area contributed by atoms with E-state index in [1.807, 2.05) is 0 Å². The molecule has 2 aromatic rings. The van der Waals surface area contributed by atoms with E-state index in [9.17, 15) is 12.8 Å². The van der Waals surface area contributed by atoms with E-state index in [1.54, 1.807) is 0 Å². The molecule has 0 aromatic heterocycles. The Morgan fingerprint density at radius 3 is 2.32 bits per heavy atom. The van der Waals surface area contributed by atoms with E-state index in [0.29, 0.717) is 5.02 Å². The molecule has 0 aliphatic carbocycles. The SMILES string of the molecule is O=S(=O)(Nc1ccc(O)cc1F)c1ccc(Cl)cc1. The Morgan fingerprint density at radius 1 is 1.11 bits per heavy atom. The standard InChI is InChI=1S/C12H9ClFNO3S/c13-8-1-4-10(5-2-8)19(17,18)15-12-6-3-9(16)7-11(12)14/h1-7,15-16H. The third-order valence-corrected chi connectivity index (χ3v) is 3.95. The quantitative estimate of drug-likeness (QED) is 0.857. The van der Waals surface area contributed by atoms with Crippen LogP contribution < -0.4 is 4.72 Å². The van der Waals surface area contributed by atoms with Crippen LogP contribution in [0.5, 0.6) is 5.75 Å². The van der Waals surface area contributed by atoms with Gasteiger partial charge in [-0.2, -0.15) is 0 Å². The predicted octanol–water partition coefficient (Wildman–Crippen LogP) is 2.99. The summed E-state index contributed by atoms with van der Waals surface area (Å²) in [6.45, 7) is 0. The Hall–Kier alpha value is -1.79. The van der Waals surface area contributed by atoms with Gasteiger partial charge in [0.2, 0.25) is 0 Å². The third-order valence-electron chi connectivity index (χ3n) is 2.32. The molecule has 0 fully saturated rings. The molecule has 19 heavy (non-hydrogen) atoms. The minimum atomic E-state index is -3.90. The first-order valence-electron chi connectivity index (χ1n) is 5.15. The van der Waals surface area contributed by atoms with Crippen LogP contribution in [0.4, 0.5) is 10.1 Å². The summed E-state index contributed by atoms with van der Waals surface area (Å²) in [6, 6.07) is 8.60. The summed E-state index contributed by atoms with van der Waals surface area (Å²) in [5.41, 5.74) is -0.243. The second-order valence-corrected chi connectivity index (χ2v) is 5.84. The van der Waals surface area contributed by atoms with E-state index in [0.717, 1.165) is 12.1 Å². The molecular formula is C12H9ClFNO3S. The van der Waals surface area contributed by atoms with Crippen molar-refractivity contribution in [3.8, 4) is 5.75 Å². The van der Waals surface area contributed by atoms with Gasteiger partial charge in [-0.3, -0.25) is 4.72 Å². The minimum absolute atomic E-state index is 0.0376. The van der Waals surface area contributed by atoms with Crippen LogP contribution in [-0.4, -0.2) is 13.5 Å². The lowest BCUT2D eigenvalue weighted by molar-refractivity contribution is 0.469. The average Bonchev–Trinajstić information content (AvgIpc) is 2.33. The lowest BCUT2D eigenvalue weighted by Crippen LogP contribution is -2.13. The second-order valence-electron chi connectivity index (χ2n) is 3.72. The van der Waals surface area contributed by atoms with E-state index in [1.165, 1.54) is 30.3 Å². The molecule has 0 bridgehead atoms. The number of benzene rings is 2. The van der Waals surface area contributed by atoms with E-state index in [4.69, 9.17) is 16.7 Å². The number of anilines is 1. The topological polar surface area (TPSA) is 66.4 Å². The highest BCUT2D eigenvalue weighted by Gasteiger charge is 2.16. The van der Waals surface area contributed by atoms with E-state index in [2.05, 4.69) is 4.72 Å². The van der Waals surface area contributed by atoms with Crippen molar-refractivity contribution in [3.05, 3.63) is 53.3 Å². The van der Waals surface area contributed by atoms with E-state index < -0.39 is 15.8 Å². The number of phenolic OH excluding ortho intramolecular Hbond substituents is 1. The van der Waals surface area contributed by atoms with Crippen molar-refractivity contribution in [1.82, 2.24) is 0 Å². The highest BCUT2D eigenvalue weighted by molar-refractivity contribution is 7.92. The average molecular weight is 302 g/mol. The van der Waals surface area contributed by atoms with Gasteiger partial charge in [-0.25, -0.2) is 12.8 Å². The predicted molar refractivity (Wildman–Crippen MR) is 70.3 cm³/mol. The lowest BCUT2D eigenvalue weighted by Gasteiger charge is -2.09. The molecule has 4 nitrogen and oxygen atoms in total. The Kier molecular flexibility index (Phi) is 3.64. The zero-order chi connectivity index (χ0) is 14.0. The molecule has 0 atom stereocenters. The molecule has 2 N–H and O–H groups in total. The Morgan fingerprint density at radius 2 is 1.74 bits per heavy atom. The Bertz CT molecular complexity index is 701. The van der Waals surface area contributed by atoms with Crippen LogP contribution in [0.3, 0.4) is 0 Å². The molecule has 0 spiro atoms. The van der Waals surface area contributed by atoms with Crippen LogP contribution >= 0.6 is 11.6 Å². The van der Waals surface area contributed by atoms with Gasteiger partial charge in [0.15, 0.2) is 5.82 Å². The molecule has 0 saturated carbocycles. The molecule has 100 valence electrons. The van der Waals surface area contributed by atoms with Crippen LogP contribution in [0.2, 0.25) is 5.02 Å². The van der Waals surface area contributed by atoms with Crippen molar-refractivity contribution in [2.75, 3.05) is 4.72 Å². The first-order chi connectivity index (χ1) is 8.88. The maximum atomic E-state index is 13.5. The maximum absolute atomic E-state index is 13.5. The smallest absolute Gasteiger partial charge is 0.261 e.